The van der Waals surface area contributed by atoms with Gasteiger partial charge in [-0.05, 0) is 68.1 Å². The van der Waals surface area contributed by atoms with Gasteiger partial charge in [-0.1, -0.05) is 40.2 Å². The number of rotatable bonds is 10. The van der Waals surface area contributed by atoms with Crippen molar-refractivity contribution >= 4 is 21.8 Å². The molecule has 1 aromatic rings. The van der Waals surface area contributed by atoms with E-state index in [0.717, 1.165) is 5.92 Å². The fourth-order valence-electron chi connectivity index (χ4n) is 5.60. The highest BCUT2D eigenvalue weighted by Crippen LogP contribution is 2.49. The van der Waals surface area contributed by atoms with Gasteiger partial charge in [0, 0.05) is 24.7 Å². The highest BCUT2D eigenvalue weighted by molar-refractivity contribution is 7.89. The number of sulfonamides is 1. The smallest absolute Gasteiger partial charge is 0.251 e. The Bertz CT molecular complexity index is 958. The SMILES string of the molecule is CCN(CC)S(=O)(=O)c1cccc(C(=O)NC(C(=O)NC(C)C2CC3CCC2C3)C(C)C)c1. The molecule has 7 nitrogen and oxygen atoms in total. The average molecular weight is 478 g/mol. The Morgan fingerprint density at radius 2 is 1.76 bits per heavy atom. The van der Waals surface area contributed by atoms with Crippen molar-refractivity contribution in [1.82, 2.24) is 14.9 Å². The fourth-order valence-corrected chi connectivity index (χ4v) is 7.10. The molecule has 2 amide bonds. The number of nitrogens with zero attached hydrogens (tertiary/aromatic N) is 1. The molecule has 0 aliphatic heterocycles. The summed E-state index contributed by atoms with van der Waals surface area (Å²) in [6.45, 7) is 10.1. The minimum Gasteiger partial charge on any atom is -0.352 e. The highest BCUT2D eigenvalue weighted by atomic mass is 32.2. The molecule has 0 heterocycles. The van der Waals surface area contributed by atoms with E-state index in [-0.39, 0.29) is 28.3 Å². The van der Waals surface area contributed by atoms with Gasteiger partial charge >= 0.3 is 0 Å². The van der Waals surface area contributed by atoms with Gasteiger partial charge in [0.2, 0.25) is 15.9 Å². The standard InChI is InChI=1S/C25H39N3O4S/c1-6-28(7-2)33(31,32)21-10-8-9-20(15-21)24(29)27-23(16(3)4)25(30)26-17(5)22-14-18-11-12-19(22)13-18/h8-10,15-19,22-23H,6-7,11-14H2,1-5H3,(H,26,30)(H,27,29). The average Bonchev–Trinajstić information content (AvgIpc) is 3.41. The lowest BCUT2D eigenvalue weighted by atomic mass is 9.84. The van der Waals surface area contributed by atoms with Crippen LogP contribution in [0.25, 0.3) is 0 Å². The van der Waals surface area contributed by atoms with Crippen LogP contribution in [0.2, 0.25) is 0 Å². The molecule has 8 heteroatoms. The van der Waals surface area contributed by atoms with Crippen LogP contribution >= 0.6 is 0 Å². The summed E-state index contributed by atoms with van der Waals surface area (Å²) in [6, 6.07) is 5.40. The Balaban J connectivity index is 1.69. The molecule has 2 fully saturated rings. The summed E-state index contributed by atoms with van der Waals surface area (Å²) in [5.41, 5.74) is 0.225. The van der Waals surface area contributed by atoms with Crippen LogP contribution in [0.3, 0.4) is 0 Å². The molecular weight excluding hydrogens is 438 g/mol. The van der Waals surface area contributed by atoms with Crippen molar-refractivity contribution in [2.24, 2.45) is 23.7 Å². The van der Waals surface area contributed by atoms with Crippen molar-refractivity contribution in [2.45, 2.75) is 77.3 Å². The Morgan fingerprint density at radius 3 is 2.30 bits per heavy atom. The van der Waals surface area contributed by atoms with Crippen LogP contribution in [0.5, 0.6) is 0 Å². The van der Waals surface area contributed by atoms with Crippen molar-refractivity contribution in [2.75, 3.05) is 13.1 Å². The molecule has 1 aromatic carbocycles. The van der Waals surface area contributed by atoms with Gasteiger partial charge in [0.1, 0.15) is 6.04 Å². The second-order valence-electron chi connectivity index (χ2n) is 9.95. The Kier molecular flexibility index (Phi) is 8.22. The molecular formula is C25H39N3O4S. The maximum Gasteiger partial charge on any atom is 0.251 e. The number of benzene rings is 1. The van der Waals surface area contributed by atoms with E-state index in [1.54, 1.807) is 26.0 Å². The Morgan fingerprint density at radius 1 is 1.06 bits per heavy atom. The zero-order valence-electron chi connectivity index (χ0n) is 20.5. The van der Waals surface area contributed by atoms with E-state index in [4.69, 9.17) is 0 Å². The fraction of sp³-hybridized carbons (Fsp3) is 0.680. The first kappa shape index (κ1) is 25.7. The van der Waals surface area contributed by atoms with Gasteiger partial charge in [0.25, 0.3) is 5.91 Å². The van der Waals surface area contributed by atoms with Crippen molar-refractivity contribution in [1.29, 1.82) is 0 Å². The maximum atomic E-state index is 13.1. The van der Waals surface area contributed by atoms with Gasteiger partial charge in [0.15, 0.2) is 0 Å². The molecule has 184 valence electrons. The summed E-state index contributed by atoms with van der Waals surface area (Å²) in [6.07, 6.45) is 5.03. The number of nitrogens with one attached hydrogen (secondary N) is 2. The van der Waals surface area contributed by atoms with E-state index in [1.165, 1.54) is 42.1 Å². The quantitative estimate of drug-likeness (QED) is 0.540. The minimum atomic E-state index is -3.67. The number of carbonyl (C=O) groups is 2. The number of amides is 2. The molecule has 33 heavy (non-hydrogen) atoms. The molecule has 0 radical (unpaired) electrons. The molecule has 2 saturated carbocycles. The lowest BCUT2D eigenvalue weighted by Crippen LogP contribution is -2.53. The van der Waals surface area contributed by atoms with Crippen molar-refractivity contribution < 1.29 is 18.0 Å². The predicted molar refractivity (Wildman–Crippen MR) is 129 cm³/mol. The Hall–Kier alpha value is -1.93. The first-order valence-electron chi connectivity index (χ1n) is 12.3. The molecule has 2 N–H and O–H groups in total. The lowest BCUT2D eigenvalue weighted by molar-refractivity contribution is -0.125. The minimum absolute atomic E-state index is 0.0773. The van der Waals surface area contributed by atoms with Gasteiger partial charge in [-0.15, -0.1) is 0 Å². The summed E-state index contributed by atoms with van der Waals surface area (Å²) < 4.78 is 27.0. The van der Waals surface area contributed by atoms with Crippen molar-refractivity contribution in [3.8, 4) is 0 Å². The van der Waals surface area contributed by atoms with E-state index >= 15 is 0 Å². The van der Waals surface area contributed by atoms with Gasteiger partial charge in [0.05, 0.1) is 4.90 Å². The molecule has 5 unspecified atom stereocenters. The van der Waals surface area contributed by atoms with Crippen LogP contribution < -0.4 is 10.6 Å². The zero-order valence-corrected chi connectivity index (χ0v) is 21.3. The number of hydrogen-bond donors (Lipinski definition) is 2. The molecule has 2 aliphatic carbocycles. The third-order valence-electron chi connectivity index (χ3n) is 7.48. The van der Waals surface area contributed by atoms with Crippen LogP contribution in [0.1, 0.15) is 70.7 Å². The molecule has 2 bridgehead atoms. The van der Waals surface area contributed by atoms with Gasteiger partial charge < -0.3 is 10.6 Å². The van der Waals surface area contributed by atoms with Gasteiger partial charge in [-0.2, -0.15) is 4.31 Å². The summed E-state index contributed by atoms with van der Waals surface area (Å²) in [5, 5.41) is 5.99. The van der Waals surface area contributed by atoms with Gasteiger partial charge in [-0.3, -0.25) is 9.59 Å². The number of hydrogen-bond acceptors (Lipinski definition) is 4. The first-order valence-corrected chi connectivity index (χ1v) is 13.7. The van der Waals surface area contributed by atoms with Crippen LogP contribution in [-0.2, 0) is 14.8 Å². The van der Waals surface area contributed by atoms with E-state index < -0.39 is 22.0 Å². The highest BCUT2D eigenvalue weighted by Gasteiger charge is 2.42. The second-order valence-corrected chi connectivity index (χ2v) is 11.9. The Labute approximate surface area is 198 Å². The molecule has 0 saturated heterocycles. The summed E-state index contributed by atoms with van der Waals surface area (Å²) in [7, 11) is -3.67. The van der Waals surface area contributed by atoms with Crippen LogP contribution in [-0.4, -0.2) is 49.7 Å². The molecule has 0 spiro atoms. The summed E-state index contributed by atoms with van der Waals surface area (Å²) >= 11 is 0. The third kappa shape index (κ3) is 5.60. The van der Waals surface area contributed by atoms with Crippen molar-refractivity contribution in [3.63, 3.8) is 0 Å². The van der Waals surface area contributed by atoms with E-state index in [1.807, 2.05) is 13.8 Å². The second kappa shape index (κ2) is 10.6. The monoisotopic (exact) mass is 477 g/mol. The number of carbonyl (C=O) groups excluding carboxylic acids is 2. The predicted octanol–water partition coefficient (Wildman–Crippen LogP) is 3.41. The molecule has 2 aliphatic rings. The summed E-state index contributed by atoms with van der Waals surface area (Å²) in [5.74, 6) is 1.28. The van der Waals surface area contributed by atoms with Crippen LogP contribution in [0, 0.1) is 23.7 Å². The van der Waals surface area contributed by atoms with Gasteiger partial charge in [-0.25, -0.2) is 8.42 Å². The molecule has 5 atom stereocenters. The van der Waals surface area contributed by atoms with E-state index in [2.05, 4.69) is 17.6 Å². The third-order valence-corrected chi connectivity index (χ3v) is 9.53. The van der Waals surface area contributed by atoms with Crippen molar-refractivity contribution in [3.05, 3.63) is 29.8 Å². The summed E-state index contributed by atoms with van der Waals surface area (Å²) in [4.78, 5) is 26.2. The number of fused-ring (bicyclic) bond motifs is 2. The van der Waals surface area contributed by atoms with E-state index in [0.29, 0.717) is 24.9 Å². The molecule has 3 rings (SSSR count). The van der Waals surface area contributed by atoms with Crippen LogP contribution in [0.15, 0.2) is 29.2 Å². The molecule has 0 aromatic heterocycles. The lowest BCUT2D eigenvalue weighted by Gasteiger charge is -2.31. The first-order chi connectivity index (χ1) is 15.6. The maximum absolute atomic E-state index is 13.1. The topological polar surface area (TPSA) is 95.6 Å². The normalized spacial score (nSPS) is 24.2. The largest absolute Gasteiger partial charge is 0.352 e. The zero-order chi connectivity index (χ0) is 24.3. The van der Waals surface area contributed by atoms with Crippen LogP contribution in [0.4, 0.5) is 0 Å². The van der Waals surface area contributed by atoms with E-state index in [9.17, 15) is 18.0 Å².